The Morgan fingerprint density at radius 3 is 2.12 bits per heavy atom. The Labute approximate surface area is 148 Å². The molecular formula is C22H21BO2. The second-order valence-corrected chi connectivity index (χ2v) is 5.72. The molecule has 4 rings (SSSR count). The van der Waals surface area contributed by atoms with Crippen molar-refractivity contribution < 1.29 is 10.0 Å². The molecule has 0 saturated carbocycles. The Hall–Kier alpha value is -2.62. The highest BCUT2D eigenvalue weighted by molar-refractivity contribution is 6.58. The molecular weight excluding hydrogens is 307 g/mol. The van der Waals surface area contributed by atoms with Gasteiger partial charge in [0.05, 0.1) is 0 Å². The summed E-state index contributed by atoms with van der Waals surface area (Å²) >= 11 is 0. The van der Waals surface area contributed by atoms with Crippen LogP contribution in [0, 0.1) is 0 Å². The Morgan fingerprint density at radius 2 is 1.36 bits per heavy atom. The molecule has 2 nitrogen and oxygen atoms in total. The molecule has 2 N–H and O–H groups in total. The highest BCUT2D eigenvalue weighted by Crippen LogP contribution is 2.30. The molecule has 25 heavy (non-hydrogen) atoms. The predicted octanol–water partition coefficient (Wildman–Crippen LogP) is 4.37. The highest BCUT2D eigenvalue weighted by Gasteiger charge is 2.12. The van der Waals surface area contributed by atoms with Crippen LogP contribution in [0.4, 0.5) is 0 Å². The van der Waals surface area contributed by atoms with Gasteiger partial charge >= 0.3 is 7.12 Å². The topological polar surface area (TPSA) is 40.5 Å². The number of hydrogen-bond donors (Lipinski definition) is 2. The van der Waals surface area contributed by atoms with E-state index in [1.807, 2.05) is 50.2 Å². The first kappa shape index (κ1) is 17.2. The number of rotatable bonds is 2. The summed E-state index contributed by atoms with van der Waals surface area (Å²) in [5.41, 5.74) is 2.81. The molecule has 0 radical (unpaired) electrons. The van der Waals surface area contributed by atoms with E-state index in [1.54, 1.807) is 6.07 Å². The monoisotopic (exact) mass is 328 g/mol. The Morgan fingerprint density at radius 1 is 0.640 bits per heavy atom. The van der Waals surface area contributed by atoms with Gasteiger partial charge in [-0.1, -0.05) is 86.6 Å². The average Bonchev–Trinajstić information content (AvgIpc) is 2.68. The van der Waals surface area contributed by atoms with Crippen molar-refractivity contribution in [3.8, 4) is 11.1 Å². The van der Waals surface area contributed by atoms with Gasteiger partial charge in [-0.15, -0.1) is 0 Å². The van der Waals surface area contributed by atoms with Gasteiger partial charge in [-0.05, 0) is 44.2 Å². The molecule has 0 amide bonds. The summed E-state index contributed by atoms with van der Waals surface area (Å²) in [6.07, 6.45) is 0. The van der Waals surface area contributed by atoms with E-state index in [4.69, 9.17) is 0 Å². The van der Waals surface area contributed by atoms with Crippen molar-refractivity contribution in [3.63, 3.8) is 0 Å². The molecule has 0 bridgehead atoms. The van der Waals surface area contributed by atoms with Crippen molar-refractivity contribution in [3.05, 3.63) is 78.9 Å². The van der Waals surface area contributed by atoms with Gasteiger partial charge in [0, 0.05) is 0 Å². The fourth-order valence-electron chi connectivity index (χ4n) is 3.07. The zero-order valence-corrected chi connectivity index (χ0v) is 14.5. The third-order valence-electron chi connectivity index (χ3n) is 4.26. The molecule has 3 heteroatoms. The van der Waals surface area contributed by atoms with Crippen LogP contribution in [0.15, 0.2) is 78.9 Å². The SMILES string of the molecule is CC.OB(O)c1ccc2c(-c3ccc4ccccc4c3)cccc2c1. The molecule has 0 aromatic heterocycles. The summed E-state index contributed by atoms with van der Waals surface area (Å²) in [5.74, 6) is 0. The molecule has 0 aliphatic rings. The lowest BCUT2D eigenvalue weighted by Gasteiger charge is -2.10. The van der Waals surface area contributed by atoms with Crippen molar-refractivity contribution in [1.29, 1.82) is 0 Å². The first-order valence-corrected chi connectivity index (χ1v) is 8.60. The van der Waals surface area contributed by atoms with Crippen molar-refractivity contribution in [1.82, 2.24) is 0 Å². The lowest BCUT2D eigenvalue weighted by Crippen LogP contribution is -2.29. The fourth-order valence-corrected chi connectivity index (χ4v) is 3.07. The summed E-state index contributed by atoms with van der Waals surface area (Å²) in [6.45, 7) is 4.00. The van der Waals surface area contributed by atoms with Crippen LogP contribution in [0.1, 0.15) is 13.8 Å². The zero-order valence-electron chi connectivity index (χ0n) is 14.5. The standard InChI is InChI=1S/C20H15BO2.C2H6/c22-21(23)18-10-11-20-16(13-18)6-3-7-19(20)17-9-8-14-4-1-2-5-15(14)12-17;1-2/h1-13,22-23H;1-2H3. The van der Waals surface area contributed by atoms with Gasteiger partial charge in [-0.2, -0.15) is 0 Å². The minimum Gasteiger partial charge on any atom is -0.423 e. The van der Waals surface area contributed by atoms with Crippen LogP contribution < -0.4 is 5.46 Å². The van der Waals surface area contributed by atoms with E-state index < -0.39 is 7.12 Å². The van der Waals surface area contributed by atoms with Crippen LogP contribution in [0.2, 0.25) is 0 Å². The first-order chi connectivity index (χ1) is 12.2. The van der Waals surface area contributed by atoms with Gasteiger partial charge in [0.2, 0.25) is 0 Å². The van der Waals surface area contributed by atoms with Crippen LogP contribution in [-0.2, 0) is 0 Å². The van der Waals surface area contributed by atoms with Gasteiger partial charge in [-0.3, -0.25) is 0 Å². The van der Waals surface area contributed by atoms with E-state index in [-0.39, 0.29) is 0 Å². The maximum absolute atomic E-state index is 9.34. The minimum absolute atomic E-state index is 0.508. The maximum atomic E-state index is 9.34. The van der Waals surface area contributed by atoms with Gasteiger partial charge in [-0.25, -0.2) is 0 Å². The summed E-state index contributed by atoms with van der Waals surface area (Å²) in [5, 5.41) is 23.2. The third-order valence-corrected chi connectivity index (χ3v) is 4.26. The number of benzene rings is 4. The fraction of sp³-hybridized carbons (Fsp3) is 0.0909. The van der Waals surface area contributed by atoms with E-state index in [0.717, 1.165) is 21.9 Å². The van der Waals surface area contributed by atoms with Crippen molar-refractivity contribution >= 4 is 34.1 Å². The van der Waals surface area contributed by atoms with Crippen LogP contribution in [0.5, 0.6) is 0 Å². The van der Waals surface area contributed by atoms with Gasteiger partial charge in [0.1, 0.15) is 0 Å². The molecule has 0 saturated heterocycles. The predicted molar refractivity (Wildman–Crippen MR) is 108 cm³/mol. The van der Waals surface area contributed by atoms with E-state index >= 15 is 0 Å². The number of fused-ring (bicyclic) bond motifs is 2. The summed E-state index contributed by atoms with van der Waals surface area (Å²) < 4.78 is 0. The maximum Gasteiger partial charge on any atom is 0.488 e. The molecule has 0 fully saturated rings. The Kier molecular flexibility index (Phi) is 5.18. The lowest BCUT2D eigenvalue weighted by molar-refractivity contribution is 0.426. The molecule has 0 aliphatic heterocycles. The van der Waals surface area contributed by atoms with E-state index in [2.05, 4.69) is 36.4 Å². The zero-order chi connectivity index (χ0) is 17.8. The molecule has 0 aliphatic carbocycles. The molecule has 4 aromatic carbocycles. The molecule has 0 spiro atoms. The average molecular weight is 328 g/mol. The van der Waals surface area contributed by atoms with Crippen molar-refractivity contribution in [2.45, 2.75) is 13.8 Å². The van der Waals surface area contributed by atoms with Crippen molar-refractivity contribution in [2.24, 2.45) is 0 Å². The van der Waals surface area contributed by atoms with E-state index in [9.17, 15) is 10.0 Å². The second kappa shape index (κ2) is 7.52. The molecule has 0 unspecified atom stereocenters. The lowest BCUT2D eigenvalue weighted by atomic mass is 9.79. The third kappa shape index (κ3) is 3.43. The van der Waals surface area contributed by atoms with Gasteiger partial charge < -0.3 is 10.0 Å². The first-order valence-electron chi connectivity index (χ1n) is 8.60. The van der Waals surface area contributed by atoms with Crippen LogP contribution in [0.25, 0.3) is 32.7 Å². The smallest absolute Gasteiger partial charge is 0.423 e. The molecule has 0 heterocycles. The van der Waals surface area contributed by atoms with E-state index in [0.29, 0.717) is 5.46 Å². The second-order valence-electron chi connectivity index (χ2n) is 5.72. The van der Waals surface area contributed by atoms with Crippen LogP contribution in [-0.4, -0.2) is 17.2 Å². The number of hydrogen-bond acceptors (Lipinski definition) is 2. The van der Waals surface area contributed by atoms with Crippen LogP contribution >= 0.6 is 0 Å². The largest absolute Gasteiger partial charge is 0.488 e. The van der Waals surface area contributed by atoms with E-state index in [1.165, 1.54) is 10.8 Å². The van der Waals surface area contributed by atoms with Gasteiger partial charge in [0.15, 0.2) is 0 Å². The highest BCUT2D eigenvalue weighted by atomic mass is 16.4. The summed E-state index contributed by atoms with van der Waals surface area (Å²) in [4.78, 5) is 0. The molecule has 0 atom stereocenters. The van der Waals surface area contributed by atoms with Gasteiger partial charge in [0.25, 0.3) is 0 Å². The quantitative estimate of drug-likeness (QED) is 0.537. The Balaban J connectivity index is 0.000000880. The van der Waals surface area contributed by atoms with Crippen LogP contribution in [0.3, 0.4) is 0 Å². The Bertz CT molecular complexity index is 1010. The molecule has 4 aromatic rings. The van der Waals surface area contributed by atoms with Crippen molar-refractivity contribution in [2.75, 3.05) is 0 Å². The minimum atomic E-state index is -1.44. The normalized spacial score (nSPS) is 10.4. The summed E-state index contributed by atoms with van der Waals surface area (Å²) in [6, 6.07) is 26.4. The summed E-state index contributed by atoms with van der Waals surface area (Å²) in [7, 11) is -1.44. The molecule has 124 valence electrons.